The first kappa shape index (κ1) is 20.5. The summed E-state index contributed by atoms with van der Waals surface area (Å²) in [6, 6.07) is 8.38. The zero-order valence-corrected chi connectivity index (χ0v) is 17.4. The van der Waals surface area contributed by atoms with Crippen molar-refractivity contribution in [2.24, 2.45) is 0 Å². The SMILES string of the molecule is CCn1c(SC(C)C(=O)Nc2ccc(F)c(F)c2)nc2ccc(Br)cc2c1=O. The molecule has 0 radical (unpaired) electrons. The number of hydrogen-bond acceptors (Lipinski definition) is 4. The fourth-order valence-electron chi connectivity index (χ4n) is 2.57. The van der Waals surface area contributed by atoms with Crippen LogP contribution in [-0.2, 0) is 11.3 Å². The van der Waals surface area contributed by atoms with Gasteiger partial charge >= 0.3 is 0 Å². The Morgan fingerprint density at radius 1 is 1.25 bits per heavy atom. The number of amides is 1. The number of rotatable bonds is 5. The highest BCUT2D eigenvalue weighted by Gasteiger charge is 2.19. The molecule has 1 amide bonds. The number of halogens is 3. The van der Waals surface area contributed by atoms with Gasteiger partial charge in [-0.25, -0.2) is 13.8 Å². The highest BCUT2D eigenvalue weighted by atomic mass is 79.9. The smallest absolute Gasteiger partial charge is 0.262 e. The van der Waals surface area contributed by atoms with Crippen molar-refractivity contribution in [3.8, 4) is 0 Å². The number of anilines is 1. The molecule has 3 rings (SSSR count). The van der Waals surface area contributed by atoms with E-state index in [2.05, 4.69) is 26.2 Å². The van der Waals surface area contributed by atoms with Crippen molar-refractivity contribution < 1.29 is 13.6 Å². The fourth-order valence-corrected chi connectivity index (χ4v) is 3.90. The highest BCUT2D eigenvalue weighted by molar-refractivity contribution is 9.10. The van der Waals surface area contributed by atoms with Crippen LogP contribution in [-0.4, -0.2) is 20.7 Å². The van der Waals surface area contributed by atoms with Gasteiger partial charge in [0.05, 0.1) is 16.2 Å². The molecule has 0 saturated heterocycles. The second-order valence-corrected chi connectivity index (χ2v) is 8.21. The molecule has 0 saturated carbocycles. The third-order valence-electron chi connectivity index (χ3n) is 4.04. The lowest BCUT2D eigenvalue weighted by atomic mass is 10.2. The van der Waals surface area contributed by atoms with Gasteiger partial charge in [0.15, 0.2) is 16.8 Å². The van der Waals surface area contributed by atoms with E-state index in [4.69, 9.17) is 0 Å². The summed E-state index contributed by atoms with van der Waals surface area (Å²) >= 11 is 4.47. The zero-order chi connectivity index (χ0) is 20.4. The molecule has 1 heterocycles. The first-order valence-corrected chi connectivity index (χ1v) is 10.1. The van der Waals surface area contributed by atoms with Gasteiger partial charge in [-0.2, -0.15) is 0 Å². The monoisotopic (exact) mass is 467 g/mol. The number of hydrogen-bond donors (Lipinski definition) is 1. The summed E-state index contributed by atoms with van der Waals surface area (Å²) < 4.78 is 28.6. The van der Waals surface area contributed by atoms with Gasteiger partial charge in [-0.3, -0.25) is 14.2 Å². The van der Waals surface area contributed by atoms with Crippen LogP contribution in [0, 0.1) is 11.6 Å². The van der Waals surface area contributed by atoms with Gasteiger partial charge in [0, 0.05) is 22.8 Å². The maximum atomic E-state index is 13.3. The Morgan fingerprint density at radius 2 is 2.00 bits per heavy atom. The van der Waals surface area contributed by atoms with Crippen LogP contribution in [0.25, 0.3) is 10.9 Å². The van der Waals surface area contributed by atoms with Gasteiger partial charge in [0.2, 0.25) is 5.91 Å². The number of benzene rings is 2. The summed E-state index contributed by atoms with van der Waals surface area (Å²) in [5.74, 6) is -2.44. The van der Waals surface area contributed by atoms with Crippen molar-refractivity contribution in [3.63, 3.8) is 0 Å². The van der Waals surface area contributed by atoms with E-state index in [0.717, 1.165) is 28.4 Å². The van der Waals surface area contributed by atoms with Crippen molar-refractivity contribution in [2.45, 2.75) is 30.8 Å². The minimum atomic E-state index is -1.04. The molecule has 0 bridgehead atoms. The molecule has 0 spiro atoms. The number of thioether (sulfide) groups is 1. The van der Waals surface area contributed by atoms with Gasteiger partial charge < -0.3 is 5.32 Å². The summed E-state index contributed by atoms with van der Waals surface area (Å²) in [6.07, 6.45) is 0. The molecular weight excluding hydrogens is 452 g/mol. The highest BCUT2D eigenvalue weighted by Crippen LogP contribution is 2.25. The maximum Gasteiger partial charge on any atom is 0.262 e. The molecule has 2 aromatic carbocycles. The van der Waals surface area contributed by atoms with E-state index >= 15 is 0 Å². The van der Waals surface area contributed by atoms with Crippen molar-refractivity contribution in [1.82, 2.24) is 9.55 Å². The second-order valence-electron chi connectivity index (χ2n) is 5.98. The number of aromatic nitrogens is 2. The normalized spacial score (nSPS) is 12.2. The minimum Gasteiger partial charge on any atom is -0.325 e. The summed E-state index contributed by atoms with van der Waals surface area (Å²) in [7, 11) is 0. The average molecular weight is 468 g/mol. The lowest BCUT2D eigenvalue weighted by Gasteiger charge is -2.15. The van der Waals surface area contributed by atoms with Gasteiger partial charge in [0.1, 0.15) is 0 Å². The Hall–Kier alpha value is -2.26. The number of nitrogens with zero attached hydrogens (tertiary/aromatic N) is 2. The number of carbonyl (C=O) groups excluding carboxylic acids is 1. The average Bonchev–Trinajstić information content (AvgIpc) is 2.65. The molecule has 0 aliphatic carbocycles. The predicted octanol–water partition coefficient (Wildman–Crippen LogP) is 4.58. The lowest BCUT2D eigenvalue weighted by molar-refractivity contribution is -0.115. The maximum absolute atomic E-state index is 13.3. The Labute approximate surface area is 172 Å². The molecule has 1 unspecified atom stereocenters. The molecular formula is C19H16BrF2N3O2S. The van der Waals surface area contributed by atoms with Crippen LogP contribution in [0.1, 0.15) is 13.8 Å². The molecule has 146 valence electrons. The Morgan fingerprint density at radius 3 is 2.68 bits per heavy atom. The molecule has 1 aromatic heterocycles. The molecule has 3 aromatic rings. The van der Waals surface area contributed by atoms with Gasteiger partial charge in [0.25, 0.3) is 5.56 Å². The quantitative estimate of drug-likeness (QED) is 0.440. The molecule has 0 aliphatic heterocycles. The van der Waals surface area contributed by atoms with Gasteiger partial charge in [-0.1, -0.05) is 27.7 Å². The van der Waals surface area contributed by atoms with Gasteiger partial charge in [-0.05, 0) is 44.2 Å². The van der Waals surface area contributed by atoms with Crippen LogP contribution < -0.4 is 10.9 Å². The molecule has 0 fully saturated rings. The summed E-state index contributed by atoms with van der Waals surface area (Å²) in [5.41, 5.74) is 0.499. The van der Waals surface area contributed by atoms with Crippen molar-refractivity contribution in [3.05, 3.63) is 62.9 Å². The molecule has 9 heteroatoms. The van der Waals surface area contributed by atoms with Crippen molar-refractivity contribution in [2.75, 3.05) is 5.32 Å². The molecule has 5 nitrogen and oxygen atoms in total. The zero-order valence-electron chi connectivity index (χ0n) is 15.0. The molecule has 1 N–H and O–H groups in total. The van der Waals surface area contributed by atoms with Gasteiger partial charge in [-0.15, -0.1) is 0 Å². The third-order valence-corrected chi connectivity index (χ3v) is 5.62. The van der Waals surface area contributed by atoms with E-state index in [0.29, 0.717) is 22.6 Å². The Balaban J connectivity index is 1.86. The Kier molecular flexibility index (Phi) is 6.14. The van der Waals surface area contributed by atoms with Crippen LogP contribution in [0.5, 0.6) is 0 Å². The minimum absolute atomic E-state index is 0.153. The van der Waals surface area contributed by atoms with E-state index in [1.807, 2.05) is 6.92 Å². The van der Waals surface area contributed by atoms with Crippen molar-refractivity contribution in [1.29, 1.82) is 0 Å². The number of fused-ring (bicyclic) bond motifs is 1. The predicted molar refractivity (Wildman–Crippen MR) is 110 cm³/mol. The second kappa shape index (κ2) is 8.40. The molecule has 1 atom stereocenters. The molecule has 0 aliphatic rings. The number of nitrogens with one attached hydrogen (secondary N) is 1. The third kappa shape index (κ3) is 4.25. The van der Waals surface area contributed by atoms with E-state index in [9.17, 15) is 18.4 Å². The fraction of sp³-hybridized carbons (Fsp3) is 0.211. The van der Waals surface area contributed by atoms with E-state index in [1.54, 1.807) is 25.1 Å². The van der Waals surface area contributed by atoms with Crippen LogP contribution in [0.4, 0.5) is 14.5 Å². The summed E-state index contributed by atoms with van der Waals surface area (Å²) in [5, 5.41) is 2.82. The standard InChI is InChI=1S/C19H16BrF2N3O2S/c1-3-25-18(27)13-8-11(20)4-7-16(13)24-19(25)28-10(2)17(26)23-12-5-6-14(21)15(22)9-12/h4-10H,3H2,1-2H3,(H,23,26). The largest absolute Gasteiger partial charge is 0.325 e. The van der Waals surface area contributed by atoms with E-state index in [1.165, 1.54) is 10.6 Å². The van der Waals surface area contributed by atoms with Crippen LogP contribution in [0.3, 0.4) is 0 Å². The first-order valence-electron chi connectivity index (χ1n) is 8.42. The van der Waals surface area contributed by atoms with Crippen molar-refractivity contribution >= 4 is 50.2 Å². The number of carbonyl (C=O) groups is 1. The first-order chi connectivity index (χ1) is 13.3. The topological polar surface area (TPSA) is 64.0 Å². The van der Waals surface area contributed by atoms with Crippen LogP contribution >= 0.6 is 27.7 Å². The summed E-state index contributed by atoms with van der Waals surface area (Å²) in [4.78, 5) is 29.7. The van der Waals surface area contributed by atoms with E-state index in [-0.39, 0.29) is 11.2 Å². The van der Waals surface area contributed by atoms with Crippen LogP contribution in [0.15, 0.2) is 50.8 Å². The van der Waals surface area contributed by atoms with E-state index < -0.39 is 22.8 Å². The molecule has 28 heavy (non-hydrogen) atoms. The van der Waals surface area contributed by atoms with Crippen LogP contribution in [0.2, 0.25) is 0 Å². The Bertz CT molecular complexity index is 1120. The lowest BCUT2D eigenvalue weighted by Crippen LogP contribution is -2.26. The summed E-state index contributed by atoms with van der Waals surface area (Å²) in [6.45, 7) is 3.87.